The summed E-state index contributed by atoms with van der Waals surface area (Å²) in [6, 6.07) is 11.7. The lowest BCUT2D eigenvalue weighted by atomic mass is 10.0. The van der Waals surface area contributed by atoms with E-state index in [0.29, 0.717) is 12.1 Å². The van der Waals surface area contributed by atoms with E-state index < -0.39 is 29.7 Å². The summed E-state index contributed by atoms with van der Waals surface area (Å²) in [6.07, 6.45) is 0.343. The van der Waals surface area contributed by atoms with Crippen LogP contribution in [0.3, 0.4) is 0 Å². The average molecular weight is 434 g/mol. The summed E-state index contributed by atoms with van der Waals surface area (Å²) in [5.41, 5.74) is 1.99. The van der Waals surface area contributed by atoms with E-state index in [9.17, 15) is 19.2 Å². The number of nitrogens with one attached hydrogen (secondary N) is 3. The van der Waals surface area contributed by atoms with Crippen molar-refractivity contribution in [3.8, 4) is 5.75 Å². The van der Waals surface area contributed by atoms with E-state index in [0.717, 1.165) is 29.4 Å². The van der Waals surface area contributed by atoms with Crippen LogP contribution >= 0.6 is 0 Å². The third-order valence-corrected chi connectivity index (χ3v) is 5.95. The molecule has 2 aromatic rings. The number of rotatable bonds is 6. The fraction of sp³-hybridized carbons (Fsp3) is 0.304. The molecule has 3 heterocycles. The summed E-state index contributed by atoms with van der Waals surface area (Å²) in [4.78, 5) is 50.9. The van der Waals surface area contributed by atoms with E-state index in [2.05, 4.69) is 16.0 Å². The summed E-state index contributed by atoms with van der Waals surface area (Å²) >= 11 is 0. The molecule has 1 atom stereocenters. The lowest BCUT2D eigenvalue weighted by Gasteiger charge is -2.29. The van der Waals surface area contributed by atoms with Gasteiger partial charge in [-0.2, -0.15) is 0 Å². The van der Waals surface area contributed by atoms with Crippen molar-refractivity contribution in [2.75, 3.05) is 18.4 Å². The molecule has 0 aromatic heterocycles. The largest absolute Gasteiger partial charge is 0.486 e. The number of nitrogens with zero attached hydrogens (tertiary/aromatic N) is 1. The van der Waals surface area contributed by atoms with Crippen LogP contribution < -0.4 is 20.7 Å². The van der Waals surface area contributed by atoms with Crippen LogP contribution in [0.4, 0.5) is 5.69 Å². The zero-order valence-corrected chi connectivity index (χ0v) is 17.2. The molecule has 32 heavy (non-hydrogen) atoms. The molecule has 9 heteroatoms. The molecule has 2 fully saturated rings. The van der Waals surface area contributed by atoms with Crippen LogP contribution in [0.25, 0.3) is 0 Å². The van der Waals surface area contributed by atoms with Gasteiger partial charge in [-0.15, -0.1) is 0 Å². The summed E-state index contributed by atoms with van der Waals surface area (Å²) in [7, 11) is 0. The Kier molecular flexibility index (Phi) is 5.10. The Bertz CT molecular complexity index is 1130. The molecule has 4 amide bonds. The molecule has 2 aromatic carbocycles. The van der Waals surface area contributed by atoms with Gasteiger partial charge in [-0.3, -0.25) is 29.4 Å². The van der Waals surface area contributed by atoms with Crippen molar-refractivity contribution in [2.45, 2.75) is 31.5 Å². The highest BCUT2D eigenvalue weighted by Gasteiger charge is 2.45. The smallest absolute Gasteiger partial charge is 0.262 e. The molecule has 2 saturated heterocycles. The van der Waals surface area contributed by atoms with E-state index in [4.69, 9.17) is 4.74 Å². The first-order valence-corrected chi connectivity index (χ1v) is 10.6. The van der Waals surface area contributed by atoms with Crippen molar-refractivity contribution in [1.29, 1.82) is 0 Å². The van der Waals surface area contributed by atoms with Crippen molar-refractivity contribution in [2.24, 2.45) is 0 Å². The summed E-state index contributed by atoms with van der Waals surface area (Å²) in [6.45, 7) is 1.90. The van der Waals surface area contributed by atoms with Crippen molar-refractivity contribution in [1.82, 2.24) is 15.5 Å². The Labute approximate surface area is 184 Å². The third kappa shape index (κ3) is 3.50. The first kappa shape index (κ1) is 20.2. The van der Waals surface area contributed by atoms with Crippen LogP contribution in [-0.4, -0.2) is 53.8 Å². The maximum Gasteiger partial charge on any atom is 0.262 e. The lowest BCUT2D eigenvalue weighted by molar-refractivity contribution is -0.136. The number of fused-ring (bicyclic) bond motifs is 1. The normalized spacial score (nSPS) is 20.6. The van der Waals surface area contributed by atoms with Gasteiger partial charge in [0.05, 0.1) is 16.8 Å². The number of ether oxygens (including phenoxy) is 1. The number of anilines is 1. The zero-order chi connectivity index (χ0) is 22.2. The molecular weight excluding hydrogens is 412 g/mol. The van der Waals surface area contributed by atoms with E-state index >= 15 is 0 Å². The standard InChI is InChI=1S/C23H22N4O5/c28-19-9-8-17(21(29)26-19)27-22(30)15-5-3-4-13(20(15)23(27)31)10-25-16-6-1-2-7-18(16)32-14-11-24-12-14/h1-7,14,17,24-25H,8-12H2,(H,26,28,29). The Morgan fingerprint density at radius 3 is 2.56 bits per heavy atom. The number of imide groups is 2. The minimum atomic E-state index is -0.980. The molecule has 0 saturated carbocycles. The topological polar surface area (TPSA) is 117 Å². The Morgan fingerprint density at radius 1 is 1.00 bits per heavy atom. The molecule has 1 unspecified atom stereocenters. The lowest BCUT2D eigenvalue weighted by Crippen LogP contribution is -2.54. The van der Waals surface area contributed by atoms with Gasteiger partial charge < -0.3 is 15.4 Å². The van der Waals surface area contributed by atoms with Gasteiger partial charge in [0.25, 0.3) is 11.8 Å². The molecule has 164 valence electrons. The second kappa shape index (κ2) is 8.08. The molecule has 0 aliphatic carbocycles. The Hall–Kier alpha value is -3.72. The molecule has 0 spiro atoms. The fourth-order valence-electron chi connectivity index (χ4n) is 4.16. The quantitative estimate of drug-likeness (QED) is 0.582. The SMILES string of the molecule is O=C1CCC(N2C(=O)c3cccc(CNc4ccccc4OC4CNC4)c3C2=O)C(=O)N1. The van der Waals surface area contributed by atoms with Crippen molar-refractivity contribution >= 4 is 29.3 Å². The van der Waals surface area contributed by atoms with Gasteiger partial charge in [0.1, 0.15) is 17.9 Å². The van der Waals surface area contributed by atoms with Gasteiger partial charge in [-0.25, -0.2) is 0 Å². The van der Waals surface area contributed by atoms with Crippen molar-refractivity contribution in [3.63, 3.8) is 0 Å². The molecule has 5 rings (SSSR count). The highest BCUT2D eigenvalue weighted by Crippen LogP contribution is 2.31. The number of amides is 4. The van der Waals surface area contributed by atoms with E-state index in [-0.39, 0.29) is 30.1 Å². The van der Waals surface area contributed by atoms with Crippen LogP contribution in [0.15, 0.2) is 42.5 Å². The predicted molar refractivity (Wildman–Crippen MR) is 114 cm³/mol. The highest BCUT2D eigenvalue weighted by atomic mass is 16.5. The minimum Gasteiger partial charge on any atom is -0.486 e. The summed E-state index contributed by atoms with van der Waals surface area (Å²) in [5.74, 6) is -1.32. The molecule has 0 radical (unpaired) electrons. The van der Waals surface area contributed by atoms with Gasteiger partial charge in [-0.1, -0.05) is 24.3 Å². The molecule has 0 bridgehead atoms. The van der Waals surface area contributed by atoms with Crippen molar-refractivity contribution < 1.29 is 23.9 Å². The molecule has 3 aliphatic rings. The number of piperidine rings is 1. The van der Waals surface area contributed by atoms with Gasteiger partial charge >= 0.3 is 0 Å². The fourth-order valence-corrected chi connectivity index (χ4v) is 4.16. The minimum absolute atomic E-state index is 0.0888. The Morgan fingerprint density at radius 2 is 1.81 bits per heavy atom. The Balaban J connectivity index is 1.37. The van der Waals surface area contributed by atoms with Crippen LogP contribution in [0.5, 0.6) is 5.75 Å². The van der Waals surface area contributed by atoms with Crippen molar-refractivity contribution in [3.05, 3.63) is 59.2 Å². The first-order chi connectivity index (χ1) is 15.5. The third-order valence-electron chi connectivity index (χ3n) is 5.95. The van der Waals surface area contributed by atoms with Crippen LogP contribution in [0, 0.1) is 0 Å². The van der Waals surface area contributed by atoms with Gasteiger partial charge in [0.2, 0.25) is 11.8 Å². The molecule has 3 N–H and O–H groups in total. The second-order valence-corrected chi connectivity index (χ2v) is 8.03. The van der Waals surface area contributed by atoms with E-state index in [1.54, 1.807) is 18.2 Å². The monoisotopic (exact) mass is 434 g/mol. The number of para-hydroxylation sites is 2. The number of benzene rings is 2. The second-order valence-electron chi connectivity index (χ2n) is 8.03. The maximum atomic E-state index is 13.2. The summed E-state index contributed by atoms with van der Waals surface area (Å²) in [5, 5.41) is 8.68. The average Bonchev–Trinajstić information content (AvgIpc) is 3.01. The van der Waals surface area contributed by atoms with Gasteiger partial charge in [-0.05, 0) is 30.2 Å². The van der Waals surface area contributed by atoms with E-state index in [1.165, 1.54) is 0 Å². The molecule has 9 nitrogen and oxygen atoms in total. The predicted octanol–water partition coefficient (Wildman–Crippen LogP) is 1.05. The van der Waals surface area contributed by atoms with Crippen LogP contribution in [0.1, 0.15) is 39.1 Å². The maximum absolute atomic E-state index is 13.2. The highest BCUT2D eigenvalue weighted by molar-refractivity contribution is 6.24. The number of carbonyl (C=O) groups excluding carboxylic acids is 4. The first-order valence-electron chi connectivity index (χ1n) is 10.6. The zero-order valence-electron chi connectivity index (χ0n) is 17.2. The summed E-state index contributed by atoms with van der Waals surface area (Å²) < 4.78 is 5.99. The molecular formula is C23H22N4O5. The van der Waals surface area contributed by atoms with Crippen LogP contribution in [0.2, 0.25) is 0 Å². The van der Waals surface area contributed by atoms with Crippen LogP contribution in [-0.2, 0) is 16.1 Å². The van der Waals surface area contributed by atoms with E-state index in [1.807, 2.05) is 24.3 Å². The number of carbonyl (C=O) groups is 4. The molecule has 3 aliphatic heterocycles. The number of hydrogen-bond acceptors (Lipinski definition) is 7. The van der Waals surface area contributed by atoms with Gasteiger partial charge in [0.15, 0.2) is 0 Å². The number of hydrogen-bond donors (Lipinski definition) is 3. The van der Waals surface area contributed by atoms with Gasteiger partial charge in [0, 0.05) is 26.1 Å².